The summed E-state index contributed by atoms with van der Waals surface area (Å²) in [6.45, 7) is 1.61. The van der Waals surface area contributed by atoms with Crippen molar-refractivity contribution in [3.63, 3.8) is 0 Å². The highest BCUT2D eigenvalue weighted by Crippen LogP contribution is 2.30. The second kappa shape index (κ2) is 4.45. The van der Waals surface area contributed by atoms with Crippen LogP contribution < -0.4 is 0 Å². The van der Waals surface area contributed by atoms with Gasteiger partial charge in [0.05, 0.1) is 11.8 Å². The van der Waals surface area contributed by atoms with Crippen molar-refractivity contribution >= 4 is 9.84 Å². The Hall–Kier alpha value is -1.69. The van der Waals surface area contributed by atoms with Gasteiger partial charge in [-0.1, -0.05) is 37.3 Å². The fraction of sp³-hybridized carbons (Fsp3) is 0.385. The standard InChI is InChI=1S/C13H15N3O2S/c1-2-19(17,18)13-14-12-9-8-11(16(12)15-13)10-6-4-3-5-7-10/h3-7,11H,2,8-9H2,1H3. The Morgan fingerprint density at radius 2 is 2.05 bits per heavy atom. The molecule has 3 rings (SSSR count). The highest BCUT2D eigenvalue weighted by atomic mass is 32.2. The van der Waals surface area contributed by atoms with Crippen molar-refractivity contribution in [3.05, 3.63) is 41.7 Å². The number of benzene rings is 1. The van der Waals surface area contributed by atoms with Crippen LogP contribution >= 0.6 is 0 Å². The van der Waals surface area contributed by atoms with E-state index in [4.69, 9.17) is 0 Å². The van der Waals surface area contributed by atoms with E-state index in [0.29, 0.717) is 0 Å². The van der Waals surface area contributed by atoms with Crippen LogP contribution in [0.4, 0.5) is 0 Å². The Morgan fingerprint density at radius 3 is 2.74 bits per heavy atom. The molecular formula is C13H15N3O2S. The lowest BCUT2D eigenvalue weighted by molar-refractivity contribution is 0.533. The van der Waals surface area contributed by atoms with Gasteiger partial charge in [0.2, 0.25) is 9.84 Å². The molecule has 1 aromatic heterocycles. The number of nitrogens with zero attached hydrogens (tertiary/aromatic N) is 3. The summed E-state index contributed by atoms with van der Waals surface area (Å²) in [5.74, 6) is 0.799. The molecule has 0 fully saturated rings. The molecule has 100 valence electrons. The Labute approximate surface area is 112 Å². The van der Waals surface area contributed by atoms with E-state index in [9.17, 15) is 8.42 Å². The fourth-order valence-electron chi connectivity index (χ4n) is 2.39. The van der Waals surface area contributed by atoms with E-state index in [-0.39, 0.29) is 17.0 Å². The summed E-state index contributed by atoms with van der Waals surface area (Å²) in [7, 11) is -3.32. The maximum atomic E-state index is 11.8. The number of aryl methyl sites for hydroxylation is 1. The van der Waals surface area contributed by atoms with Crippen LogP contribution in [0.5, 0.6) is 0 Å². The average molecular weight is 277 g/mol. The molecule has 0 saturated heterocycles. The van der Waals surface area contributed by atoms with Gasteiger partial charge < -0.3 is 0 Å². The van der Waals surface area contributed by atoms with Gasteiger partial charge >= 0.3 is 0 Å². The van der Waals surface area contributed by atoms with Crippen molar-refractivity contribution < 1.29 is 8.42 Å². The summed E-state index contributed by atoms with van der Waals surface area (Å²) in [5.41, 5.74) is 1.14. The maximum absolute atomic E-state index is 11.8. The van der Waals surface area contributed by atoms with Crippen LogP contribution in [0.15, 0.2) is 35.5 Å². The second-order valence-corrected chi connectivity index (χ2v) is 6.80. The average Bonchev–Trinajstić information content (AvgIpc) is 2.99. The fourth-order valence-corrected chi connectivity index (χ4v) is 3.10. The molecule has 1 aliphatic rings. The van der Waals surface area contributed by atoms with Crippen LogP contribution in [-0.2, 0) is 16.3 Å². The zero-order chi connectivity index (χ0) is 13.5. The van der Waals surface area contributed by atoms with E-state index in [1.54, 1.807) is 11.6 Å². The van der Waals surface area contributed by atoms with Crippen LogP contribution in [0.1, 0.15) is 30.8 Å². The van der Waals surface area contributed by atoms with E-state index in [1.165, 1.54) is 0 Å². The largest absolute Gasteiger partial charge is 0.267 e. The summed E-state index contributed by atoms with van der Waals surface area (Å²) in [6.07, 6.45) is 1.69. The molecule has 0 saturated carbocycles. The number of sulfone groups is 1. The topological polar surface area (TPSA) is 64.8 Å². The van der Waals surface area contributed by atoms with Gasteiger partial charge in [-0.3, -0.25) is 0 Å². The second-order valence-electron chi connectivity index (χ2n) is 4.62. The first kappa shape index (κ1) is 12.3. The molecular weight excluding hydrogens is 262 g/mol. The normalized spacial score (nSPS) is 18.5. The molecule has 2 aromatic rings. The molecule has 5 nitrogen and oxygen atoms in total. The molecule has 6 heteroatoms. The Balaban J connectivity index is 2.02. The molecule has 0 aliphatic carbocycles. The Bertz CT molecular complexity index is 692. The van der Waals surface area contributed by atoms with Gasteiger partial charge in [0.15, 0.2) is 0 Å². The molecule has 19 heavy (non-hydrogen) atoms. The molecule has 2 heterocycles. The number of fused-ring (bicyclic) bond motifs is 1. The molecule has 0 N–H and O–H groups in total. The summed E-state index contributed by atoms with van der Waals surface area (Å²) in [4.78, 5) is 4.17. The molecule has 1 aliphatic heterocycles. The van der Waals surface area contributed by atoms with Crippen molar-refractivity contribution in [2.45, 2.75) is 31.0 Å². The van der Waals surface area contributed by atoms with Gasteiger partial charge in [-0.15, -0.1) is 5.10 Å². The van der Waals surface area contributed by atoms with Gasteiger partial charge in [0.25, 0.3) is 5.16 Å². The van der Waals surface area contributed by atoms with E-state index >= 15 is 0 Å². The van der Waals surface area contributed by atoms with Crippen molar-refractivity contribution in [2.75, 3.05) is 5.75 Å². The highest BCUT2D eigenvalue weighted by molar-refractivity contribution is 7.91. The van der Waals surface area contributed by atoms with Crippen LogP contribution in [0, 0.1) is 0 Å². The third kappa shape index (κ3) is 2.06. The van der Waals surface area contributed by atoms with Gasteiger partial charge in [-0.05, 0) is 12.0 Å². The van der Waals surface area contributed by atoms with E-state index in [1.807, 2.05) is 30.3 Å². The zero-order valence-corrected chi connectivity index (χ0v) is 11.5. The number of hydrogen-bond donors (Lipinski definition) is 0. The highest BCUT2D eigenvalue weighted by Gasteiger charge is 2.29. The Kier molecular flexibility index (Phi) is 2.89. The molecule has 0 radical (unpaired) electrons. The van der Waals surface area contributed by atoms with Crippen LogP contribution in [0.25, 0.3) is 0 Å². The number of hydrogen-bond acceptors (Lipinski definition) is 4. The third-order valence-corrected chi connectivity index (χ3v) is 4.95. The lowest BCUT2D eigenvalue weighted by Gasteiger charge is -2.11. The summed E-state index contributed by atoms with van der Waals surface area (Å²) in [6, 6.07) is 10.1. The molecule has 0 amide bonds. The van der Waals surface area contributed by atoms with E-state index in [0.717, 1.165) is 24.2 Å². The summed E-state index contributed by atoms with van der Waals surface area (Å²) >= 11 is 0. The number of aromatic nitrogens is 3. The quantitative estimate of drug-likeness (QED) is 0.855. The van der Waals surface area contributed by atoms with Crippen molar-refractivity contribution in [3.8, 4) is 0 Å². The van der Waals surface area contributed by atoms with Crippen molar-refractivity contribution in [1.29, 1.82) is 0 Å². The Morgan fingerprint density at radius 1 is 1.32 bits per heavy atom. The van der Waals surface area contributed by atoms with Gasteiger partial charge in [-0.2, -0.15) is 0 Å². The van der Waals surface area contributed by atoms with Crippen molar-refractivity contribution in [2.24, 2.45) is 0 Å². The predicted molar refractivity (Wildman–Crippen MR) is 70.7 cm³/mol. The molecule has 0 bridgehead atoms. The molecule has 1 aromatic carbocycles. The minimum Gasteiger partial charge on any atom is -0.241 e. The van der Waals surface area contributed by atoms with Gasteiger partial charge in [0.1, 0.15) is 5.82 Å². The van der Waals surface area contributed by atoms with Crippen molar-refractivity contribution in [1.82, 2.24) is 14.8 Å². The third-order valence-electron chi connectivity index (χ3n) is 3.46. The van der Waals surface area contributed by atoms with E-state index < -0.39 is 9.84 Å². The molecule has 1 unspecified atom stereocenters. The first-order chi connectivity index (χ1) is 9.12. The van der Waals surface area contributed by atoms with Crippen LogP contribution in [-0.4, -0.2) is 28.9 Å². The summed E-state index contributed by atoms with van der Waals surface area (Å²) < 4.78 is 25.4. The SMILES string of the molecule is CCS(=O)(=O)c1nc2n(n1)C(c1ccccc1)CC2. The predicted octanol–water partition coefficient (Wildman–Crippen LogP) is 1.61. The minimum absolute atomic E-state index is 0.0342. The lowest BCUT2D eigenvalue weighted by atomic mass is 10.1. The number of rotatable bonds is 3. The molecule has 1 atom stereocenters. The maximum Gasteiger partial charge on any atom is 0.267 e. The van der Waals surface area contributed by atoms with Crippen LogP contribution in [0.3, 0.4) is 0 Å². The lowest BCUT2D eigenvalue weighted by Crippen LogP contribution is -2.10. The van der Waals surface area contributed by atoms with Crippen LogP contribution in [0.2, 0.25) is 0 Å². The smallest absolute Gasteiger partial charge is 0.241 e. The minimum atomic E-state index is -3.32. The van der Waals surface area contributed by atoms with E-state index in [2.05, 4.69) is 10.1 Å². The first-order valence-corrected chi connectivity index (χ1v) is 8.00. The first-order valence-electron chi connectivity index (χ1n) is 6.35. The van der Waals surface area contributed by atoms with Gasteiger partial charge in [0, 0.05) is 6.42 Å². The zero-order valence-electron chi connectivity index (χ0n) is 10.7. The molecule has 0 spiro atoms. The summed E-state index contributed by atoms with van der Waals surface area (Å²) in [5, 5.41) is 4.17. The monoisotopic (exact) mass is 277 g/mol. The van der Waals surface area contributed by atoms with Gasteiger partial charge in [-0.25, -0.2) is 18.1 Å².